The fourth-order valence-electron chi connectivity index (χ4n) is 2.12. The van der Waals surface area contributed by atoms with Crippen molar-refractivity contribution in [3.63, 3.8) is 0 Å². The van der Waals surface area contributed by atoms with Crippen LogP contribution in [0.1, 0.15) is 13.8 Å². The van der Waals surface area contributed by atoms with Gasteiger partial charge in [-0.15, -0.1) is 0 Å². The van der Waals surface area contributed by atoms with E-state index in [4.69, 9.17) is 10.5 Å². The average molecular weight is 277 g/mol. The normalized spacial score (nSPS) is 11.2. The molecule has 0 bridgehead atoms. The number of likely N-dealkylation sites (N-methyl/N-ethyl adjacent to an activating group) is 1. The Labute approximate surface area is 118 Å². The summed E-state index contributed by atoms with van der Waals surface area (Å²) in [5.41, 5.74) is 7.29. The van der Waals surface area contributed by atoms with Gasteiger partial charge in [-0.2, -0.15) is 0 Å². The van der Waals surface area contributed by atoms with Crippen LogP contribution in [0.5, 0.6) is 0 Å². The molecule has 2 N–H and O–H groups in total. The standard InChI is InChI=1S/C15H20FN3O/c1-10(2)20-8-7-19(3)15-12(16)9-13(17)11-5-4-6-18-14(11)15/h4-6,9-10H,7-8,17H2,1-3H3. The second-order valence-electron chi connectivity index (χ2n) is 5.04. The minimum atomic E-state index is -0.360. The van der Waals surface area contributed by atoms with Crippen LogP contribution in [0.25, 0.3) is 10.9 Å². The van der Waals surface area contributed by atoms with Gasteiger partial charge in [0.25, 0.3) is 0 Å². The minimum Gasteiger partial charge on any atom is -0.398 e. The lowest BCUT2D eigenvalue weighted by Crippen LogP contribution is -2.25. The van der Waals surface area contributed by atoms with Gasteiger partial charge < -0.3 is 15.4 Å². The highest BCUT2D eigenvalue weighted by Gasteiger charge is 2.15. The molecule has 0 aliphatic carbocycles. The summed E-state index contributed by atoms with van der Waals surface area (Å²) in [6, 6.07) is 4.99. The largest absolute Gasteiger partial charge is 0.398 e. The lowest BCUT2D eigenvalue weighted by Gasteiger charge is -2.22. The van der Waals surface area contributed by atoms with E-state index in [1.54, 1.807) is 12.3 Å². The molecule has 1 heterocycles. The van der Waals surface area contributed by atoms with E-state index in [0.717, 1.165) is 5.39 Å². The summed E-state index contributed by atoms with van der Waals surface area (Å²) >= 11 is 0. The second-order valence-corrected chi connectivity index (χ2v) is 5.04. The fraction of sp³-hybridized carbons (Fsp3) is 0.400. The van der Waals surface area contributed by atoms with Gasteiger partial charge in [-0.1, -0.05) is 0 Å². The number of rotatable bonds is 5. The number of benzene rings is 1. The Morgan fingerprint density at radius 1 is 1.45 bits per heavy atom. The third-order valence-electron chi connectivity index (χ3n) is 3.11. The first kappa shape index (κ1) is 14.5. The van der Waals surface area contributed by atoms with E-state index in [2.05, 4.69) is 4.98 Å². The molecule has 108 valence electrons. The van der Waals surface area contributed by atoms with Crippen molar-refractivity contribution in [1.29, 1.82) is 0 Å². The molecule has 0 unspecified atom stereocenters. The Morgan fingerprint density at radius 3 is 2.90 bits per heavy atom. The number of nitrogens with zero attached hydrogens (tertiary/aromatic N) is 2. The first-order chi connectivity index (χ1) is 9.50. The number of hydrogen-bond donors (Lipinski definition) is 1. The highest BCUT2D eigenvalue weighted by atomic mass is 19.1. The maximum Gasteiger partial charge on any atom is 0.150 e. The quantitative estimate of drug-likeness (QED) is 0.854. The zero-order valence-electron chi connectivity index (χ0n) is 12.1. The van der Waals surface area contributed by atoms with Crippen LogP contribution < -0.4 is 10.6 Å². The van der Waals surface area contributed by atoms with Crippen LogP contribution in [-0.4, -0.2) is 31.3 Å². The van der Waals surface area contributed by atoms with E-state index in [1.807, 2.05) is 31.9 Å². The van der Waals surface area contributed by atoms with Crippen molar-refractivity contribution in [2.24, 2.45) is 0 Å². The molecule has 0 fully saturated rings. The van der Waals surface area contributed by atoms with Crippen LogP contribution in [-0.2, 0) is 4.74 Å². The van der Waals surface area contributed by atoms with E-state index >= 15 is 0 Å². The predicted octanol–water partition coefficient (Wildman–Crippen LogP) is 2.82. The molecule has 1 aromatic heterocycles. The molecule has 1 aromatic carbocycles. The number of ether oxygens (including phenoxy) is 1. The van der Waals surface area contributed by atoms with Gasteiger partial charge in [-0.25, -0.2) is 4.39 Å². The first-order valence-corrected chi connectivity index (χ1v) is 6.66. The van der Waals surface area contributed by atoms with Gasteiger partial charge >= 0.3 is 0 Å². The molecule has 2 rings (SSSR count). The monoisotopic (exact) mass is 277 g/mol. The summed E-state index contributed by atoms with van der Waals surface area (Å²) in [6.07, 6.45) is 1.80. The van der Waals surface area contributed by atoms with E-state index in [0.29, 0.717) is 30.0 Å². The highest BCUT2D eigenvalue weighted by Crippen LogP contribution is 2.31. The average Bonchev–Trinajstić information content (AvgIpc) is 2.38. The molecule has 4 nitrogen and oxygen atoms in total. The molecule has 0 saturated carbocycles. The van der Waals surface area contributed by atoms with Gasteiger partial charge in [0.2, 0.25) is 0 Å². The number of nitrogen functional groups attached to an aromatic ring is 1. The van der Waals surface area contributed by atoms with Crippen molar-refractivity contribution in [3.8, 4) is 0 Å². The van der Waals surface area contributed by atoms with Crippen molar-refractivity contribution < 1.29 is 9.13 Å². The number of aromatic nitrogens is 1. The third-order valence-corrected chi connectivity index (χ3v) is 3.11. The topological polar surface area (TPSA) is 51.4 Å². The predicted molar refractivity (Wildman–Crippen MR) is 80.5 cm³/mol. The summed E-state index contributed by atoms with van der Waals surface area (Å²) < 4.78 is 19.7. The Bertz CT molecular complexity index is 601. The van der Waals surface area contributed by atoms with Gasteiger partial charge in [-0.05, 0) is 32.0 Å². The van der Waals surface area contributed by atoms with Gasteiger partial charge in [0.05, 0.1) is 23.9 Å². The molecule has 0 aliphatic rings. The number of halogens is 1. The van der Waals surface area contributed by atoms with Crippen molar-refractivity contribution in [2.75, 3.05) is 30.8 Å². The highest BCUT2D eigenvalue weighted by molar-refractivity contribution is 5.98. The molecule has 0 spiro atoms. The molecule has 0 atom stereocenters. The first-order valence-electron chi connectivity index (χ1n) is 6.66. The Hall–Kier alpha value is -1.88. The Balaban J connectivity index is 2.33. The number of hydrogen-bond acceptors (Lipinski definition) is 4. The van der Waals surface area contributed by atoms with Crippen molar-refractivity contribution in [1.82, 2.24) is 4.98 Å². The zero-order chi connectivity index (χ0) is 14.7. The number of fused-ring (bicyclic) bond motifs is 1. The van der Waals surface area contributed by atoms with Crippen LogP contribution in [0, 0.1) is 5.82 Å². The van der Waals surface area contributed by atoms with E-state index in [-0.39, 0.29) is 11.9 Å². The third kappa shape index (κ3) is 2.99. The number of pyridine rings is 1. The lowest BCUT2D eigenvalue weighted by atomic mass is 10.1. The zero-order valence-corrected chi connectivity index (χ0v) is 12.1. The van der Waals surface area contributed by atoms with Crippen LogP contribution >= 0.6 is 0 Å². The Morgan fingerprint density at radius 2 is 2.20 bits per heavy atom. The molecule has 5 heteroatoms. The molecular formula is C15H20FN3O. The van der Waals surface area contributed by atoms with Gasteiger partial charge in [0, 0.05) is 30.9 Å². The van der Waals surface area contributed by atoms with Crippen molar-refractivity contribution in [3.05, 3.63) is 30.2 Å². The van der Waals surface area contributed by atoms with Gasteiger partial charge in [-0.3, -0.25) is 4.98 Å². The fourth-order valence-corrected chi connectivity index (χ4v) is 2.12. The lowest BCUT2D eigenvalue weighted by molar-refractivity contribution is 0.0846. The maximum absolute atomic E-state index is 14.2. The summed E-state index contributed by atoms with van der Waals surface area (Å²) in [6.45, 7) is 5.07. The summed E-state index contributed by atoms with van der Waals surface area (Å²) in [5, 5.41) is 0.764. The second kappa shape index (κ2) is 6.05. The summed E-state index contributed by atoms with van der Waals surface area (Å²) in [5.74, 6) is -0.360. The molecule has 0 aliphatic heterocycles. The van der Waals surface area contributed by atoms with E-state index in [1.165, 1.54) is 6.07 Å². The Kier molecular flexibility index (Phi) is 4.39. The maximum atomic E-state index is 14.2. The van der Waals surface area contributed by atoms with Crippen LogP contribution in [0.2, 0.25) is 0 Å². The summed E-state index contributed by atoms with van der Waals surface area (Å²) in [7, 11) is 1.83. The molecule has 2 aromatic rings. The van der Waals surface area contributed by atoms with Crippen molar-refractivity contribution in [2.45, 2.75) is 20.0 Å². The molecule has 0 saturated heterocycles. The minimum absolute atomic E-state index is 0.162. The SMILES string of the molecule is CC(C)OCCN(C)c1c(F)cc(N)c2cccnc12. The smallest absolute Gasteiger partial charge is 0.150 e. The molecular weight excluding hydrogens is 257 g/mol. The van der Waals surface area contributed by atoms with E-state index < -0.39 is 0 Å². The number of nitrogens with two attached hydrogens (primary N) is 1. The van der Waals surface area contributed by atoms with Gasteiger partial charge in [0.15, 0.2) is 5.82 Å². The van der Waals surface area contributed by atoms with Crippen LogP contribution in [0.15, 0.2) is 24.4 Å². The van der Waals surface area contributed by atoms with Crippen molar-refractivity contribution >= 4 is 22.3 Å². The number of anilines is 2. The summed E-state index contributed by atoms with van der Waals surface area (Å²) in [4.78, 5) is 6.08. The molecule has 0 radical (unpaired) electrons. The van der Waals surface area contributed by atoms with E-state index in [9.17, 15) is 4.39 Å². The van der Waals surface area contributed by atoms with Crippen LogP contribution in [0.3, 0.4) is 0 Å². The van der Waals surface area contributed by atoms with Crippen LogP contribution in [0.4, 0.5) is 15.8 Å². The molecule has 20 heavy (non-hydrogen) atoms. The molecule has 0 amide bonds. The van der Waals surface area contributed by atoms with Gasteiger partial charge in [0.1, 0.15) is 0 Å².